The van der Waals surface area contributed by atoms with Gasteiger partial charge in [-0.1, -0.05) is 28.9 Å². The first kappa shape index (κ1) is 19.8. The van der Waals surface area contributed by atoms with Crippen LogP contribution in [0.25, 0.3) is 0 Å². The summed E-state index contributed by atoms with van der Waals surface area (Å²) >= 11 is 6.17. The zero-order valence-corrected chi connectivity index (χ0v) is 16.7. The lowest BCUT2D eigenvalue weighted by atomic mass is 10.2. The minimum absolute atomic E-state index is 0.286. The maximum absolute atomic E-state index is 12.7. The summed E-state index contributed by atoms with van der Waals surface area (Å²) in [6.07, 6.45) is 0. The molecule has 7 heteroatoms. The molecule has 0 aliphatic carbocycles. The zero-order chi connectivity index (χ0) is 20.1. The van der Waals surface area contributed by atoms with Crippen molar-refractivity contribution in [2.45, 2.75) is 27.4 Å². The van der Waals surface area contributed by atoms with Gasteiger partial charge in [0.1, 0.15) is 18.1 Å². The van der Waals surface area contributed by atoms with E-state index >= 15 is 0 Å². The number of nitrogens with one attached hydrogen (secondary N) is 1. The number of ether oxygens (including phenoxy) is 2. The third-order valence-corrected chi connectivity index (χ3v) is 4.46. The minimum Gasteiger partial charge on any atom is -0.490 e. The Labute approximate surface area is 168 Å². The van der Waals surface area contributed by atoms with Crippen LogP contribution in [0.5, 0.6) is 11.5 Å². The van der Waals surface area contributed by atoms with E-state index in [0.29, 0.717) is 41.0 Å². The van der Waals surface area contributed by atoms with E-state index in [-0.39, 0.29) is 5.91 Å². The molecule has 0 saturated heterocycles. The monoisotopic (exact) mass is 400 g/mol. The molecule has 0 spiro atoms. The first-order valence-electron chi connectivity index (χ1n) is 8.87. The van der Waals surface area contributed by atoms with Crippen LogP contribution in [0.3, 0.4) is 0 Å². The summed E-state index contributed by atoms with van der Waals surface area (Å²) in [6, 6.07) is 12.2. The highest BCUT2D eigenvalue weighted by molar-refractivity contribution is 6.32. The summed E-state index contributed by atoms with van der Waals surface area (Å²) in [6.45, 7) is 6.31. The molecule has 0 atom stereocenters. The minimum atomic E-state index is -0.286. The lowest BCUT2D eigenvalue weighted by Crippen LogP contribution is -2.13. The van der Waals surface area contributed by atoms with Crippen LogP contribution in [0.4, 0.5) is 5.69 Å². The van der Waals surface area contributed by atoms with Crippen molar-refractivity contribution in [3.05, 3.63) is 70.1 Å². The maximum Gasteiger partial charge on any atom is 0.255 e. The number of nitrogens with zero attached hydrogens (tertiary/aromatic N) is 1. The molecule has 28 heavy (non-hydrogen) atoms. The molecule has 0 aliphatic heterocycles. The van der Waals surface area contributed by atoms with Crippen LogP contribution >= 0.6 is 11.6 Å². The highest BCUT2D eigenvalue weighted by atomic mass is 35.5. The predicted octanol–water partition coefficient (Wildman–Crippen LogP) is 5.17. The van der Waals surface area contributed by atoms with Crippen LogP contribution in [0.2, 0.25) is 5.02 Å². The molecule has 1 aromatic heterocycles. The number of anilines is 1. The summed E-state index contributed by atoms with van der Waals surface area (Å²) in [5, 5.41) is 7.19. The smallest absolute Gasteiger partial charge is 0.255 e. The van der Waals surface area contributed by atoms with E-state index in [4.69, 9.17) is 25.6 Å². The highest BCUT2D eigenvalue weighted by Crippen LogP contribution is 2.33. The third-order valence-electron chi connectivity index (χ3n) is 4.16. The first-order chi connectivity index (χ1) is 13.5. The molecule has 0 bridgehead atoms. The van der Waals surface area contributed by atoms with Crippen molar-refractivity contribution in [2.75, 3.05) is 11.9 Å². The van der Waals surface area contributed by atoms with Crippen molar-refractivity contribution in [1.29, 1.82) is 0 Å². The molecule has 1 heterocycles. The molecular weight excluding hydrogens is 380 g/mol. The van der Waals surface area contributed by atoms with Gasteiger partial charge >= 0.3 is 0 Å². The molecule has 1 N–H and O–H groups in total. The zero-order valence-electron chi connectivity index (χ0n) is 15.9. The summed E-state index contributed by atoms with van der Waals surface area (Å²) < 4.78 is 16.5. The number of hydrogen-bond donors (Lipinski definition) is 1. The molecular formula is C21H21ClN2O4. The van der Waals surface area contributed by atoms with Crippen molar-refractivity contribution in [3.63, 3.8) is 0 Å². The number of halogens is 1. The second-order valence-electron chi connectivity index (χ2n) is 6.12. The lowest BCUT2D eigenvalue weighted by Gasteiger charge is -2.13. The van der Waals surface area contributed by atoms with E-state index in [1.165, 1.54) is 0 Å². The number of aryl methyl sites for hydroxylation is 2. The third kappa shape index (κ3) is 4.46. The average Bonchev–Trinajstić information content (AvgIpc) is 3.01. The van der Waals surface area contributed by atoms with Crippen LogP contribution in [0.1, 0.15) is 34.3 Å². The Morgan fingerprint density at radius 3 is 2.68 bits per heavy atom. The highest BCUT2D eigenvalue weighted by Gasteiger charge is 2.14. The number of aromatic nitrogens is 1. The molecule has 3 rings (SSSR count). The number of rotatable bonds is 7. The number of carbonyl (C=O) groups excluding carboxylic acids is 1. The van der Waals surface area contributed by atoms with E-state index in [9.17, 15) is 4.79 Å². The molecule has 2 aromatic carbocycles. The van der Waals surface area contributed by atoms with Crippen LogP contribution in [-0.2, 0) is 6.61 Å². The molecule has 146 valence electrons. The summed E-state index contributed by atoms with van der Waals surface area (Å²) in [4.78, 5) is 12.7. The van der Waals surface area contributed by atoms with Crippen molar-refractivity contribution in [1.82, 2.24) is 5.16 Å². The Bertz CT molecular complexity index is 965. The number of hydrogen-bond acceptors (Lipinski definition) is 5. The van der Waals surface area contributed by atoms with Crippen LogP contribution in [-0.4, -0.2) is 17.7 Å². The number of para-hydroxylation sites is 1. The maximum atomic E-state index is 12.7. The molecule has 0 unspecified atom stereocenters. The van der Waals surface area contributed by atoms with Crippen molar-refractivity contribution in [3.8, 4) is 11.5 Å². The summed E-state index contributed by atoms with van der Waals surface area (Å²) in [5.41, 5.74) is 2.66. The van der Waals surface area contributed by atoms with Gasteiger partial charge in [-0.25, -0.2) is 0 Å². The van der Waals surface area contributed by atoms with Gasteiger partial charge in [-0.2, -0.15) is 0 Å². The average molecular weight is 401 g/mol. The summed E-state index contributed by atoms with van der Waals surface area (Å²) in [5.74, 6) is 1.46. The topological polar surface area (TPSA) is 73.6 Å². The SMILES string of the molecule is CCOc1c(Cl)cccc1NC(=O)c1cccc(OCc2c(C)noc2C)c1. The fourth-order valence-corrected chi connectivity index (χ4v) is 2.91. The number of carbonyl (C=O) groups is 1. The van der Waals surface area contributed by atoms with Crippen LogP contribution < -0.4 is 14.8 Å². The van der Waals surface area contributed by atoms with E-state index in [1.54, 1.807) is 42.5 Å². The Hall–Kier alpha value is -2.99. The second kappa shape index (κ2) is 8.80. The van der Waals surface area contributed by atoms with Gasteiger partial charge < -0.3 is 19.3 Å². The van der Waals surface area contributed by atoms with Crippen molar-refractivity contribution >= 4 is 23.2 Å². The largest absolute Gasteiger partial charge is 0.490 e. The van der Waals surface area contributed by atoms with Gasteiger partial charge in [-0.05, 0) is 51.1 Å². The molecule has 0 saturated carbocycles. The standard InChI is InChI=1S/C21H21ClN2O4/c1-4-26-20-18(22)9-6-10-19(20)23-21(25)15-7-5-8-16(11-15)27-12-17-13(2)24-28-14(17)3/h5-11H,4,12H2,1-3H3,(H,23,25). The van der Waals surface area contributed by atoms with E-state index in [2.05, 4.69) is 10.5 Å². The van der Waals surface area contributed by atoms with Gasteiger partial charge in [0.2, 0.25) is 0 Å². The van der Waals surface area contributed by atoms with E-state index in [1.807, 2.05) is 20.8 Å². The molecule has 1 amide bonds. The molecule has 0 radical (unpaired) electrons. The predicted molar refractivity (Wildman–Crippen MR) is 107 cm³/mol. The molecule has 0 fully saturated rings. The number of amides is 1. The Morgan fingerprint density at radius 1 is 1.18 bits per heavy atom. The van der Waals surface area contributed by atoms with Crippen LogP contribution in [0.15, 0.2) is 47.0 Å². The van der Waals surface area contributed by atoms with Gasteiger partial charge in [-0.3, -0.25) is 4.79 Å². The van der Waals surface area contributed by atoms with Crippen molar-refractivity contribution < 1.29 is 18.8 Å². The lowest BCUT2D eigenvalue weighted by molar-refractivity contribution is 0.102. The Balaban J connectivity index is 1.73. The van der Waals surface area contributed by atoms with Gasteiger partial charge in [0.05, 0.1) is 28.6 Å². The fraction of sp³-hybridized carbons (Fsp3) is 0.238. The van der Waals surface area contributed by atoms with Crippen molar-refractivity contribution in [2.24, 2.45) is 0 Å². The van der Waals surface area contributed by atoms with Crippen LogP contribution in [0, 0.1) is 13.8 Å². The summed E-state index contributed by atoms with van der Waals surface area (Å²) in [7, 11) is 0. The van der Waals surface area contributed by atoms with Gasteiger partial charge in [0.25, 0.3) is 5.91 Å². The molecule has 3 aromatic rings. The fourth-order valence-electron chi connectivity index (χ4n) is 2.68. The van der Waals surface area contributed by atoms with E-state index in [0.717, 1.165) is 17.0 Å². The number of benzene rings is 2. The quantitative estimate of drug-likeness (QED) is 0.591. The van der Waals surface area contributed by atoms with Gasteiger partial charge in [0, 0.05) is 5.56 Å². The molecule has 0 aliphatic rings. The first-order valence-corrected chi connectivity index (χ1v) is 9.24. The van der Waals surface area contributed by atoms with E-state index < -0.39 is 0 Å². The molecule has 6 nitrogen and oxygen atoms in total. The van der Waals surface area contributed by atoms with Gasteiger partial charge in [0.15, 0.2) is 5.75 Å². The van der Waals surface area contributed by atoms with Gasteiger partial charge in [-0.15, -0.1) is 0 Å². The Kier molecular flexibility index (Phi) is 6.21. The normalized spacial score (nSPS) is 10.6. The Morgan fingerprint density at radius 2 is 1.96 bits per heavy atom. The second-order valence-corrected chi connectivity index (χ2v) is 6.53.